The van der Waals surface area contributed by atoms with E-state index in [4.69, 9.17) is 4.84 Å². The Morgan fingerprint density at radius 1 is 1.47 bits per heavy atom. The van der Waals surface area contributed by atoms with Gasteiger partial charge in [0.15, 0.2) is 0 Å². The quantitative estimate of drug-likeness (QED) is 0.553. The normalized spacial score (nSPS) is 11.2. The number of aryl methyl sites for hydroxylation is 1. The van der Waals surface area contributed by atoms with E-state index in [9.17, 15) is 0 Å². The first-order valence-electron chi connectivity index (χ1n) is 5.72. The first kappa shape index (κ1) is 12.3. The van der Waals surface area contributed by atoms with Crippen LogP contribution in [0.1, 0.15) is 32.9 Å². The van der Waals surface area contributed by atoms with Crippen LogP contribution in [0.15, 0.2) is 18.3 Å². The van der Waals surface area contributed by atoms with Crippen molar-refractivity contribution in [3.8, 4) is 0 Å². The minimum absolute atomic E-state index is 0.569. The Balaban J connectivity index is 2.27. The van der Waals surface area contributed by atoms with Crippen LogP contribution in [-0.4, -0.2) is 11.2 Å². The molecule has 86 valence electrons. The van der Waals surface area contributed by atoms with E-state index in [1.165, 1.54) is 5.69 Å². The summed E-state index contributed by atoms with van der Waals surface area (Å²) in [5.74, 6) is 0.569. The Labute approximate surface area is 92.4 Å². The second kappa shape index (κ2) is 6.64. The Hall–Kier alpha value is -0.800. The van der Waals surface area contributed by atoms with Crippen molar-refractivity contribution in [1.82, 2.24) is 10.0 Å². The summed E-state index contributed by atoms with van der Waals surface area (Å²) in [6.45, 7) is 9.08. The molecule has 0 spiro atoms. The molecular weight excluding hydrogens is 188 g/mol. The molecule has 0 aliphatic carbocycles. The minimum atomic E-state index is 0.569. The van der Waals surface area contributed by atoms with E-state index in [0.29, 0.717) is 5.92 Å². The molecule has 0 radical (unpaired) electrons. The zero-order valence-corrected chi connectivity index (χ0v) is 9.99. The van der Waals surface area contributed by atoms with E-state index >= 15 is 0 Å². The molecule has 0 saturated carbocycles. The van der Waals surface area contributed by atoms with Gasteiger partial charge in [0.1, 0.15) is 0 Å². The van der Waals surface area contributed by atoms with Gasteiger partial charge in [0.2, 0.25) is 0 Å². The molecule has 0 fully saturated rings. The average molecular weight is 210 g/mol. The molecule has 1 aromatic heterocycles. The number of aromatic nitrogens is 1. The van der Waals surface area contributed by atoms with E-state index in [-0.39, 0.29) is 0 Å². The molecule has 0 saturated heterocycles. The number of hydroxylamine groups is 1. The summed E-state index contributed by atoms with van der Waals surface area (Å²) in [6.07, 6.45) is 3.28. The van der Waals surface area contributed by atoms with Crippen LogP contribution in [0.3, 0.4) is 0 Å². The number of nitrogens with zero attached hydrogens (tertiary/aromatic N) is 1. The van der Waals surface area contributed by atoms with Gasteiger partial charge in [0, 0.05) is 18.4 Å². The monoisotopic (exact) mass is 210 g/mol. The van der Waals surface area contributed by atoms with E-state index in [2.05, 4.69) is 49.1 Å². The lowest BCUT2D eigenvalue weighted by atomic mass is 10.2. The largest absolute Gasteiger partial charge is 0.350 e. The summed E-state index contributed by atoms with van der Waals surface area (Å²) in [5, 5.41) is 0. The first-order valence-corrected chi connectivity index (χ1v) is 5.72. The van der Waals surface area contributed by atoms with E-state index < -0.39 is 0 Å². The second-order valence-corrected chi connectivity index (χ2v) is 4.22. The predicted molar refractivity (Wildman–Crippen MR) is 62.4 cm³/mol. The topological polar surface area (TPSA) is 26.2 Å². The van der Waals surface area contributed by atoms with E-state index in [1.54, 1.807) is 0 Å². The molecule has 0 aliphatic heterocycles. The van der Waals surface area contributed by atoms with Gasteiger partial charge in [0.25, 0.3) is 0 Å². The van der Waals surface area contributed by atoms with Crippen molar-refractivity contribution in [3.05, 3.63) is 24.0 Å². The van der Waals surface area contributed by atoms with Crippen molar-refractivity contribution in [2.24, 2.45) is 5.92 Å². The Bertz CT molecular complexity index is 268. The molecule has 1 N–H and O–H groups in total. The third-order valence-corrected chi connectivity index (χ3v) is 2.16. The summed E-state index contributed by atoms with van der Waals surface area (Å²) in [4.78, 5) is 5.34. The van der Waals surface area contributed by atoms with Crippen molar-refractivity contribution in [2.45, 2.75) is 40.3 Å². The van der Waals surface area contributed by atoms with Crippen LogP contribution >= 0.6 is 0 Å². The smallest absolute Gasteiger partial charge is 0.0705 e. The molecule has 1 heterocycles. The number of nitrogens with one attached hydrogen (secondary N) is 1. The summed E-state index contributed by atoms with van der Waals surface area (Å²) >= 11 is 0. The van der Waals surface area contributed by atoms with Gasteiger partial charge >= 0.3 is 0 Å². The van der Waals surface area contributed by atoms with Gasteiger partial charge in [0.05, 0.1) is 13.2 Å². The molecule has 1 aromatic rings. The highest BCUT2D eigenvalue weighted by atomic mass is 16.6. The molecule has 0 atom stereocenters. The third-order valence-electron chi connectivity index (χ3n) is 2.16. The van der Waals surface area contributed by atoms with Crippen LogP contribution in [0.2, 0.25) is 0 Å². The molecule has 0 unspecified atom stereocenters. The standard InChI is InChI=1S/C12H22N2O/c1-4-7-14-8-5-6-12(14)9-13-15-10-11(2)3/h5-6,8,11,13H,4,7,9-10H2,1-3H3. The second-order valence-electron chi connectivity index (χ2n) is 4.22. The first-order chi connectivity index (χ1) is 7.24. The number of hydrogen-bond acceptors (Lipinski definition) is 2. The van der Waals surface area contributed by atoms with Gasteiger partial charge in [-0.05, 0) is 24.5 Å². The summed E-state index contributed by atoms with van der Waals surface area (Å²) < 4.78 is 2.26. The Morgan fingerprint density at radius 3 is 2.93 bits per heavy atom. The molecule has 3 heteroatoms. The van der Waals surface area contributed by atoms with Gasteiger partial charge in [-0.2, -0.15) is 5.48 Å². The van der Waals surface area contributed by atoms with E-state index in [1.807, 2.05) is 0 Å². The molecule has 0 aromatic carbocycles. The van der Waals surface area contributed by atoms with Crippen LogP contribution in [0.25, 0.3) is 0 Å². The summed E-state index contributed by atoms with van der Waals surface area (Å²) in [7, 11) is 0. The number of rotatable bonds is 7. The lowest BCUT2D eigenvalue weighted by Gasteiger charge is -2.10. The fraction of sp³-hybridized carbons (Fsp3) is 0.667. The highest BCUT2D eigenvalue weighted by molar-refractivity contribution is 5.06. The van der Waals surface area contributed by atoms with Gasteiger partial charge in [-0.15, -0.1) is 0 Å². The molecule has 3 nitrogen and oxygen atoms in total. The highest BCUT2D eigenvalue weighted by Gasteiger charge is 1.99. The van der Waals surface area contributed by atoms with Crippen LogP contribution in [-0.2, 0) is 17.9 Å². The van der Waals surface area contributed by atoms with Crippen LogP contribution in [0.4, 0.5) is 0 Å². The van der Waals surface area contributed by atoms with Crippen molar-refractivity contribution >= 4 is 0 Å². The average Bonchev–Trinajstić information content (AvgIpc) is 2.61. The fourth-order valence-corrected chi connectivity index (χ4v) is 1.42. The van der Waals surface area contributed by atoms with Crippen LogP contribution in [0, 0.1) is 5.92 Å². The summed E-state index contributed by atoms with van der Waals surface area (Å²) in [5.41, 5.74) is 4.28. The lowest BCUT2D eigenvalue weighted by Crippen LogP contribution is -2.19. The van der Waals surface area contributed by atoms with Crippen LogP contribution in [0.5, 0.6) is 0 Å². The lowest BCUT2D eigenvalue weighted by molar-refractivity contribution is 0.0185. The summed E-state index contributed by atoms with van der Waals surface area (Å²) in [6, 6.07) is 4.20. The zero-order chi connectivity index (χ0) is 11.1. The molecule has 0 bridgehead atoms. The van der Waals surface area contributed by atoms with Crippen molar-refractivity contribution in [3.63, 3.8) is 0 Å². The SMILES string of the molecule is CCCn1cccc1CNOCC(C)C. The molecule has 0 aliphatic rings. The van der Waals surface area contributed by atoms with E-state index in [0.717, 1.165) is 26.1 Å². The maximum atomic E-state index is 5.34. The Kier molecular flexibility index (Phi) is 5.43. The Morgan fingerprint density at radius 2 is 2.27 bits per heavy atom. The van der Waals surface area contributed by atoms with Crippen LogP contribution < -0.4 is 5.48 Å². The molecular formula is C12H22N2O. The molecule has 15 heavy (non-hydrogen) atoms. The van der Waals surface area contributed by atoms with Gasteiger partial charge in [-0.3, -0.25) is 0 Å². The predicted octanol–water partition coefficient (Wildman–Crippen LogP) is 2.58. The minimum Gasteiger partial charge on any atom is -0.350 e. The maximum Gasteiger partial charge on any atom is 0.0705 e. The third kappa shape index (κ3) is 4.49. The van der Waals surface area contributed by atoms with Gasteiger partial charge in [-0.25, -0.2) is 0 Å². The highest BCUT2D eigenvalue weighted by Crippen LogP contribution is 2.03. The zero-order valence-electron chi connectivity index (χ0n) is 9.99. The molecule has 1 rings (SSSR count). The number of hydrogen-bond donors (Lipinski definition) is 1. The van der Waals surface area contributed by atoms with Crippen molar-refractivity contribution in [1.29, 1.82) is 0 Å². The maximum absolute atomic E-state index is 5.34. The van der Waals surface area contributed by atoms with Gasteiger partial charge in [-0.1, -0.05) is 20.8 Å². The fourth-order valence-electron chi connectivity index (χ4n) is 1.42. The van der Waals surface area contributed by atoms with Crippen molar-refractivity contribution in [2.75, 3.05) is 6.61 Å². The van der Waals surface area contributed by atoms with Gasteiger partial charge < -0.3 is 9.40 Å². The molecule has 0 amide bonds. The van der Waals surface area contributed by atoms with Crippen molar-refractivity contribution < 1.29 is 4.84 Å².